The number of imide groups is 1. The first-order chi connectivity index (χ1) is 7.74. The molecule has 0 aliphatic carbocycles. The second kappa shape index (κ2) is 3.16. The van der Waals surface area contributed by atoms with E-state index in [4.69, 9.17) is 0 Å². The van der Waals surface area contributed by atoms with Crippen LogP contribution in [0.1, 0.15) is 5.56 Å². The summed E-state index contributed by atoms with van der Waals surface area (Å²) in [6.45, 7) is 0. The van der Waals surface area contributed by atoms with Crippen LogP contribution in [-0.2, 0) is 11.2 Å². The van der Waals surface area contributed by atoms with Crippen molar-refractivity contribution in [2.24, 2.45) is 10.9 Å². The molecule has 2 heterocycles. The SMILES string of the molecule is O=C1NC(=O)C2Cc3ccccc3N=C2N1. The summed E-state index contributed by atoms with van der Waals surface area (Å²) >= 11 is 0. The number of benzene rings is 1. The zero-order valence-electron chi connectivity index (χ0n) is 8.36. The van der Waals surface area contributed by atoms with Crippen molar-refractivity contribution < 1.29 is 9.59 Å². The Morgan fingerprint density at radius 2 is 2.00 bits per heavy atom. The molecule has 0 saturated carbocycles. The molecule has 2 N–H and O–H groups in total. The zero-order valence-corrected chi connectivity index (χ0v) is 8.36. The summed E-state index contributed by atoms with van der Waals surface area (Å²) in [4.78, 5) is 27.0. The van der Waals surface area contributed by atoms with Gasteiger partial charge in [-0.1, -0.05) is 18.2 Å². The predicted octanol–water partition coefficient (Wildman–Crippen LogP) is 0.728. The minimum atomic E-state index is -0.501. The lowest BCUT2D eigenvalue weighted by Gasteiger charge is -2.27. The number of carbonyl (C=O) groups excluding carboxylic acids is 2. The Bertz CT molecular complexity index is 522. The van der Waals surface area contributed by atoms with E-state index < -0.39 is 6.03 Å². The number of amidine groups is 1. The Balaban J connectivity index is 2.07. The monoisotopic (exact) mass is 215 g/mol. The quantitative estimate of drug-likeness (QED) is 0.669. The maximum absolute atomic E-state index is 11.6. The normalized spacial score (nSPS) is 22.5. The van der Waals surface area contributed by atoms with Crippen molar-refractivity contribution in [2.45, 2.75) is 6.42 Å². The molecule has 3 amide bonds. The Hall–Kier alpha value is -2.17. The van der Waals surface area contributed by atoms with Gasteiger partial charge in [0.25, 0.3) is 0 Å². The summed E-state index contributed by atoms with van der Waals surface area (Å²) in [5.74, 6) is -0.197. The first kappa shape index (κ1) is 9.08. The molecule has 1 unspecified atom stereocenters. The summed E-state index contributed by atoms with van der Waals surface area (Å²) in [6, 6.07) is 7.11. The van der Waals surface area contributed by atoms with Gasteiger partial charge in [-0.05, 0) is 18.1 Å². The predicted molar refractivity (Wildman–Crippen MR) is 57.4 cm³/mol. The molecule has 16 heavy (non-hydrogen) atoms. The van der Waals surface area contributed by atoms with E-state index in [1.807, 2.05) is 24.3 Å². The minimum Gasteiger partial charge on any atom is -0.295 e. The number of fused-ring (bicyclic) bond motifs is 2. The summed E-state index contributed by atoms with van der Waals surface area (Å²) in [5, 5.41) is 4.81. The van der Waals surface area contributed by atoms with Crippen LogP contribution in [0.2, 0.25) is 0 Å². The van der Waals surface area contributed by atoms with Crippen LogP contribution in [0.15, 0.2) is 29.3 Å². The first-order valence-corrected chi connectivity index (χ1v) is 5.02. The molecule has 1 atom stereocenters. The highest BCUT2D eigenvalue weighted by molar-refractivity contribution is 6.19. The van der Waals surface area contributed by atoms with E-state index in [0.29, 0.717) is 12.3 Å². The van der Waals surface area contributed by atoms with E-state index in [2.05, 4.69) is 15.6 Å². The van der Waals surface area contributed by atoms with Crippen molar-refractivity contribution in [3.05, 3.63) is 29.8 Å². The molecule has 1 fully saturated rings. The van der Waals surface area contributed by atoms with Crippen LogP contribution in [0.3, 0.4) is 0 Å². The third-order valence-electron chi connectivity index (χ3n) is 2.78. The maximum atomic E-state index is 11.6. The van der Waals surface area contributed by atoms with Gasteiger partial charge in [0, 0.05) is 0 Å². The molecule has 3 rings (SSSR count). The van der Waals surface area contributed by atoms with Crippen LogP contribution in [0.4, 0.5) is 10.5 Å². The molecule has 2 aliphatic rings. The minimum absolute atomic E-state index is 0.281. The molecule has 1 aromatic carbocycles. The lowest BCUT2D eigenvalue weighted by Crippen LogP contribution is -2.56. The van der Waals surface area contributed by atoms with Gasteiger partial charge in [0.15, 0.2) is 0 Å². The van der Waals surface area contributed by atoms with Crippen LogP contribution in [0, 0.1) is 5.92 Å². The number of urea groups is 1. The standard InChI is InChI=1S/C11H9N3O2/c15-10-7-5-6-3-1-2-4-8(6)12-9(7)13-11(16)14-10/h1-4,7H,5H2,(H2,12,13,14,15,16). The lowest BCUT2D eigenvalue weighted by atomic mass is 9.92. The highest BCUT2D eigenvalue weighted by atomic mass is 16.2. The molecule has 2 aliphatic heterocycles. The average molecular weight is 215 g/mol. The molecular formula is C11H9N3O2. The molecular weight excluding hydrogens is 206 g/mol. The summed E-state index contributed by atoms with van der Waals surface area (Å²) in [6.07, 6.45) is 0.584. The second-order valence-electron chi connectivity index (χ2n) is 3.83. The van der Waals surface area contributed by atoms with Gasteiger partial charge in [0.1, 0.15) is 11.8 Å². The topological polar surface area (TPSA) is 70.6 Å². The number of para-hydroxylation sites is 1. The summed E-state index contributed by atoms with van der Waals surface area (Å²) in [7, 11) is 0. The van der Waals surface area contributed by atoms with Gasteiger partial charge in [0.2, 0.25) is 5.91 Å². The third-order valence-corrected chi connectivity index (χ3v) is 2.78. The van der Waals surface area contributed by atoms with E-state index in [0.717, 1.165) is 11.3 Å². The average Bonchev–Trinajstić information content (AvgIpc) is 2.27. The van der Waals surface area contributed by atoms with Gasteiger partial charge in [0.05, 0.1) is 5.69 Å². The van der Waals surface area contributed by atoms with Gasteiger partial charge in [-0.2, -0.15) is 0 Å². The molecule has 80 valence electrons. The molecule has 0 radical (unpaired) electrons. The van der Waals surface area contributed by atoms with Crippen LogP contribution in [0.25, 0.3) is 0 Å². The van der Waals surface area contributed by atoms with Crippen molar-refractivity contribution in [3.8, 4) is 0 Å². The number of nitrogens with zero attached hydrogens (tertiary/aromatic N) is 1. The smallest absolute Gasteiger partial charge is 0.295 e. The largest absolute Gasteiger partial charge is 0.326 e. The number of carbonyl (C=O) groups is 2. The molecule has 1 aromatic rings. The Labute approximate surface area is 91.6 Å². The first-order valence-electron chi connectivity index (χ1n) is 5.02. The van der Waals surface area contributed by atoms with Crippen molar-refractivity contribution >= 4 is 23.5 Å². The van der Waals surface area contributed by atoms with E-state index >= 15 is 0 Å². The van der Waals surface area contributed by atoms with Crippen LogP contribution in [0.5, 0.6) is 0 Å². The highest BCUT2D eigenvalue weighted by Gasteiger charge is 2.35. The van der Waals surface area contributed by atoms with Crippen LogP contribution < -0.4 is 10.6 Å². The van der Waals surface area contributed by atoms with Crippen molar-refractivity contribution in [2.75, 3.05) is 0 Å². The van der Waals surface area contributed by atoms with Crippen molar-refractivity contribution in [1.82, 2.24) is 10.6 Å². The highest BCUT2D eigenvalue weighted by Crippen LogP contribution is 2.28. The van der Waals surface area contributed by atoms with Gasteiger partial charge in [-0.15, -0.1) is 0 Å². The van der Waals surface area contributed by atoms with Crippen LogP contribution in [-0.4, -0.2) is 17.8 Å². The lowest BCUT2D eigenvalue weighted by molar-refractivity contribution is -0.122. The molecule has 1 saturated heterocycles. The Morgan fingerprint density at radius 3 is 2.88 bits per heavy atom. The number of hydrogen-bond donors (Lipinski definition) is 2. The Kier molecular flexibility index (Phi) is 1.80. The molecule has 0 aromatic heterocycles. The zero-order chi connectivity index (χ0) is 11.1. The fourth-order valence-electron chi connectivity index (χ4n) is 2.00. The molecule has 0 spiro atoms. The van der Waals surface area contributed by atoms with E-state index in [1.54, 1.807) is 0 Å². The van der Waals surface area contributed by atoms with Crippen molar-refractivity contribution in [1.29, 1.82) is 0 Å². The number of nitrogens with one attached hydrogen (secondary N) is 2. The number of hydrogen-bond acceptors (Lipinski definition) is 3. The molecule has 0 bridgehead atoms. The van der Waals surface area contributed by atoms with E-state index in [1.165, 1.54) is 0 Å². The number of aliphatic imine (C=N–C) groups is 1. The number of rotatable bonds is 0. The number of amides is 3. The van der Waals surface area contributed by atoms with E-state index in [9.17, 15) is 9.59 Å². The fourth-order valence-corrected chi connectivity index (χ4v) is 2.00. The van der Waals surface area contributed by atoms with Gasteiger partial charge >= 0.3 is 6.03 Å². The molecule has 5 heteroatoms. The molecule has 5 nitrogen and oxygen atoms in total. The fraction of sp³-hybridized carbons (Fsp3) is 0.182. The van der Waals surface area contributed by atoms with Crippen molar-refractivity contribution in [3.63, 3.8) is 0 Å². The van der Waals surface area contributed by atoms with Gasteiger partial charge in [-0.25, -0.2) is 9.79 Å². The Morgan fingerprint density at radius 1 is 1.19 bits per heavy atom. The third kappa shape index (κ3) is 1.29. The van der Waals surface area contributed by atoms with Gasteiger partial charge in [-0.3, -0.25) is 15.4 Å². The maximum Gasteiger partial charge on any atom is 0.326 e. The summed E-state index contributed by atoms with van der Waals surface area (Å²) in [5.41, 5.74) is 1.85. The second-order valence-corrected chi connectivity index (χ2v) is 3.83. The van der Waals surface area contributed by atoms with E-state index in [-0.39, 0.29) is 11.8 Å². The van der Waals surface area contributed by atoms with Crippen LogP contribution >= 0.6 is 0 Å². The van der Waals surface area contributed by atoms with Gasteiger partial charge < -0.3 is 0 Å². The summed E-state index contributed by atoms with van der Waals surface area (Å²) < 4.78 is 0.